The molecule has 1 saturated heterocycles. The summed E-state index contributed by atoms with van der Waals surface area (Å²) in [5.74, 6) is 2.09. The highest BCUT2D eigenvalue weighted by Crippen LogP contribution is 2.16. The van der Waals surface area contributed by atoms with Crippen LogP contribution in [-0.4, -0.2) is 46.6 Å². The van der Waals surface area contributed by atoms with Crippen molar-refractivity contribution in [3.05, 3.63) is 5.82 Å². The van der Waals surface area contributed by atoms with E-state index in [1.807, 2.05) is 6.92 Å². The van der Waals surface area contributed by atoms with Gasteiger partial charge in [0.05, 0.1) is 0 Å². The molecule has 6 nitrogen and oxygen atoms in total. The lowest BCUT2D eigenvalue weighted by Crippen LogP contribution is -2.30. The van der Waals surface area contributed by atoms with Crippen LogP contribution in [0.25, 0.3) is 0 Å². The summed E-state index contributed by atoms with van der Waals surface area (Å²) in [5, 5.41) is 10.5. The van der Waals surface area contributed by atoms with Gasteiger partial charge in [-0.15, -0.1) is 5.10 Å². The predicted octanol–water partition coefficient (Wildman–Crippen LogP) is 1.14. The third-order valence-electron chi connectivity index (χ3n) is 2.96. The number of nitrogens with zero attached hydrogens (tertiary/aromatic N) is 2. The maximum Gasteiger partial charge on any atom is 0.220 e. The van der Waals surface area contributed by atoms with Gasteiger partial charge >= 0.3 is 0 Å². The number of hydrogen-bond acceptors (Lipinski definition) is 5. The molecule has 1 amide bonds. The molecule has 2 N–H and O–H groups in total. The minimum absolute atomic E-state index is 0.113. The van der Waals surface area contributed by atoms with Crippen molar-refractivity contribution in [2.24, 2.45) is 5.92 Å². The van der Waals surface area contributed by atoms with Gasteiger partial charge in [-0.3, -0.25) is 9.89 Å². The summed E-state index contributed by atoms with van der Waals surface area (Å²) in [4.78, 5) is 15.9. The van der Waals surface area contributed by atoms with Crippen molar-refractivity contribution in [3.63, 3.8) is 0 Å². The Morgan fingerprint density at radius 3 is 3.21 bits per heavy atom. The molecule has 0 aromatic carbocycles. The van der Waals surface area contributed by atoms with Crippen molar-refractivity contribution in [2.75, 3.05) is 25.5 Å². The highest BCUT2D eigenvalue weighted by atomic mass is 32.2. The fraction of sp³-hybridized carbons (Fsp3) is 0.750. The summed E-state index contributed by atoms with van der Waals surface area (Å²) < 4.78 is 5.36. The van der Waals surface area contributed by atoms with Crippen molar-refractivity contribution in [1.82, 2.24) is 20.5 Å². The molecule has 0 aliphatic carbocycles. The minimum Gasteiger partial charge on any atom is -0.381 e. The number of aryl methyl sites for hydroxylation is 1. The second-order valence-electron chi connectivity index (χ2n) is 4.69. The van der Waals surface area contributed by atoms with Gasteiger partial charge in [-0.05, 0) is 25.7 Å². The molecule has 0 radical (unpaired) electrons. The first-order valence-electron chi connectivity index (χ1n) is 6.60. The zero-order valence-electron chi connectivity index (χ0n) is 11.1. The Labute approximate surface area is 117 Å². The van der Waals surface area contributed by atoms with Crippen LogP contribution in [0.2, 0.25) is 0 Å². The summed E-state index contributed by atoms with van der Waals surface area (Å²) >= 11 is 1.54. The standard InChI is InChI=1S/C12H20N4O2S/c1-9-14-12(16-15-9)19-6-4-13-11(17)7-10-3-2-5-18-8-10/h10H,2-8H2,1H3,(H,13,17)(H,14,15,16). The second kappa shape index (κ2) is 7.49. The molecular formula is C12H20N4O2S. The lowest BCUT2D eigenvalue weighted by molar-refractivity contribution is -0.122. The number of aromatic nitrogens is 3. The zero-order chi connectivity index (χ0) is 13.5. The third kappa shape index (κ3) is 5.20. The van der Waals surface area contributed by atoms with Crippen LogP contribution in [0.4, 0.5) is 0 Å². The Morgan fingerprint density at radius 1 is 1.63 bits per heavy atom. The summed E-state index contributed by atoms with van der Waals surface area (Å²) in [6, 6.07) is 0. The van der Waals surface area contributed by atoms with Crippen LogP contribution in [-0.2, 0) is 9.53 Å². The van der Waals surface area contributed by atoms with E-state index in [4.69, 9.17) is 4.74 Å². The number of amides is 1. The van der Waals surface area contributed by atoms with E-state index in [0.717, 1.165) is 42.8 Å². The SMILES string of the molecule is Cc1nc(SCCNC(=O)CC2CCCOC2)n[nH]1. The Hall–Kier alpha value is -1.08. The number of hydrogen-bond donors (Lipinski definition) is 2. The van der Waals surface area contributed by atoms with Crippen LogP contribution in [0.1, 0.15) is 25.1 Å². The molecule has 1 aliphatic heterocycles. The fourth-order valence-corrected chi connectivity index (χ4v) is 2.72. The number of aromatic amines is 1. The molecule has 1 aromatic rings. The van der Waals surface area contributed by atoms with Crippen LogP contribution < -0.4 is 5.32 Å². The lowest BCUT2D eigenvalue weighted by Gasteiger charge is -2.21. The molecule has 2 rings (SSSR count). The molecule has 0 bridgehead atoms. The van der Waals surface area contributed by atoms with Gasteiger partial charge in [-0.2, -0.15) is 0 Å². The lowest BCUT2D eigenvalue weighted by atomic mass is 9.98. The average Bonchev–Trinajstić information content (AvgIpc) is 2.82. The van der Waals surface area contributed by atoms with Gasteiger partial charge < -0.3 is 10.1 Å². The number of carbonyl (C=O) groups is 1. The zero-order valence-corrected chi connectivity index (χ0v) is 12.0. The molecule has 1 unspecified atom stereocenters. The van der Waals surface area contributed by atoms with Crippen LogP contribution in [0.5, 0.6) is 0 Å². The van der Waals surface area contributed by atoms with Crippen LogP contribution in [0, 0.1) is 12.8 Å². The molecular weight excluding hydrogens is 264 g/mol. The molecule has 1 atom stereocenters. The van der Waals surface area contributed by atoms with Gasteiger partial charge in [0.25, 0.3) is 0 Å². The summed E-state index contributed by atoms with van der Waals surface area (Å²) in [7, 11) is 0. The molecule has 1 aromatic heterocycles. The van der Waals surface area contributed by atoms with Crippen molar-refractivity contribution < 1.29 is 9.53 Å². The smallest absolute Gasteiger partial charge is 0.220 e. The molecule has 7 heteroatoms. The highest BCUT2D eigenvalue weighted by Gasteiger charge is 2.17. The van der Waals surface area contributed by atoms with E-state index in [1.54, 1.807) is 0 Å². The molecule has 1 aliphatic rings. The minimum atomic E-state index is 0.113. The van der Waals surface area contributed by atoms with Crippen molar-refractivity contribution in [3.8, 4) is 0 Å². The third-order valence-corrected chi connectivity index (χ3v) is 3.81. The Kier molecular flexibility index (Phi) is 5.65. The Morgan fingerprint density at radius 2 is 2.53 bits per heavy atom. The topological polar surface area (TPSA) is 79.9 Å². The van der Waals surface area contributed by atoms with E-state index in [2.05, 4.69) is 20.5 Å². The van der Waals surface area contributed by atoms with Gasteiger partial charge in [0.2, 0.25) is 11.1 Å². The normalized spacial score (nSPS) is 19.3. The first-order valence-corrected chi connectivity index (χ1v) is 7.59. The number of carbonyl (C=O) groups excluding carboxylic acids is 1. The second-order valence-corrected chi connectivity index (χ2v) is 5.75. The monoisotopic (exact) mass is 284 g/mol. The quantitative estimate of drug-likeness (QED) is 0.605. The fourth-order valence-electron chi connectivity index (χ4n) is 2.02. The molecule has 0 spiro atoms. The van der Waals surface area contributed by atoms with Gasteiger partial charge in [0.1, 0.15) is 5.82 Å². The van der Waals surface area contributed by atoms with Crippen LogP contribution >= 0.6 is 11.8 Å². The highest BCUT2D eigenvalue weighted by molar-refractivity contribution is 7.99. The van der Waals surface area contributed by atoms with Crippen LogP contribution in [0.3, 0.4) is 0 Å². The number of ether oxygens (including phenoxy) is 1. The number of nitrogens with one attached hydrogen (secondary N) is 2. The number of H-pyrrole nitrogens is 1. The van der Waals surface area contributed by atoms with Crippen molar-refractivity contribution in [2.45, 2.75) is 31.3 Å². The van der Waals surface area contributed by atoms with Crippen molar-refractivity contribution >= 4 is 17.7 Å². The first-order chi connectivity index (χ1) is 9.24. The molecule has 106 valence electrons. The van der Waals surface area contributed by atoms with E-state index in [-0.39, 0.29) is 5.91 Å². The molecule has 0 saturated carbocycles. The largest absolute Gasteiger partial charge is 0.381 e. The number of thioether (sulfide) groups is 1. The maximum absolute atomic E-state index is 11.7. The van der Waals surface area contributed by atoms with E-state index in [1.165, 1.54) is 11.8 Å². The molecule has 19 heavy (non-hydrogen) atoms. The van der Waals surface area contributed by atoms with E-state index < -0.39 is 0 Å². The van der Waals surface area contributed by atoms with Gasteiger partial charge in [0.15, 0.2) is 0 Å². The van der Waals surface area contributed by atoms with Gasteiger partial charge in [-0.1, -0.05) is 11.8 Å². The van der Waals surface area contributed by atoms with Crippen molar-refractivity contribution in [1.29, 1.82) is 0 Å². The summed E-state index contributed by atoms with van der Waals surface area (Å²) in [6.07, 6.45) is 2.74. The van der Waals surface area contributed by atoms with E-state index in [9.17, 15) is 4.79 Å². The predicted molar refractivity (Wildman–Crippen MR) is 73.0 cm³/mol. The maximum atomic E-state index is 11.7. The number of rotatable bonds is 6. The summed E-state index contributed by atoms with van der Waals surface area (Å²) in [5.41, 5.74) is 0. The average molecular weight is 284 g/mol. The van der Waals surface area contributed by atoms with E-state index >= 15 is 0 Å². The first kappa shape index (κ1) is 14.3. The van der Waals surface area contributed by atoms with E-state index in [0.29, 0.717) is 18.9 Å². The van der Waals surface area contributed by atoms with Gasteiger partial charge in [0, 0.05) is 31.9 Å². The molecule has 2 heterocycles. The molecule has 1 fully saturated rings. The Bertz CT molecular complexity index is 404. The van der Waals surface area contributed by atoms with Gasteiger partial charge in [-0.25, -0.2) is 4.98 Å². The summed E-state index contributed by atoms with van der Waals surface area (Å²) in [6.45, 7) is 4.07. The Balaban J connectivity index is 1.56. The van der Waals surface area contributed by atoms with Crippen LogP contribution in [0.15, 0.2) is 5.16 Å².